The van der Waals surface area contributed by atoms with Crippen LogP contribution >= 0.6 is 0 Å². The van der Waals surface area contributed by atoms with E-state index in [0.717, 1.165) is 12.8 Å². The molecule has 0 heterocycles. The van der Waals surface area contributed by atoms with Crippen LogP contribution in [0.4, 0.5) is 0 Å². The third-order valence-electron chi connectivity index (χ3n) is 3.94. The lowest BCUT2D eigenvalue weighted by molar-refractivity contribution is 0.473. The zero-order valence-electron chi connectivity index (χ0n) is 12.6. The van der Waals surface area contributed by atoms with Crippen LogP contribution in [-0.2, 0) is 6.42 Å². The van der Waals surface area contributed by atoms with Crippen LogP contribution in [0.3, 0.4) is 0 Å². The summed E-state index contributed by atoms with van der Waals surface area (Å²) in [5.74, 6) is 1.09. The zero-order valence-corrected chi connectivity index (χ0v) is 12.6. The van der Waals surface area contributed by atoms with Crippen LogP contribution in [-0.4, -0.2) is 10.2 Å². The van der Waals surface area contributed by atoms with E-state index in [1.54, 1.807) is 24.3 Å². The average molecular weight is 284 g/mol. The summed E-state index contributed by atoms with van der Waals surface area (Å²) in [6.07, 6.45) is 5.82. The SMILES string of the molecule is CCCCCC(Cc1ccc(O)cc1)c1ccc(O)cc1. The van der Waals surface area contributed by atoms with Crippen molar-refractivity contribution in [2.24, 2.45) is 0 Å². The smallest absolute Gasteiger partial charge is 0.115 e. The fraction of sp³-hybridized carbons (Fsp3) is 0.368. The average Bonchev–Trinajstić information content (AvgIpc) is 2.49. The summed E-state index contributed by atoms with van der Waals surface area (Å²) in [5, 5.41) is 18.8. The molecule has 1 atom stereocenters. The predicted molar refractivity (Wildman–Crippen MR) is 86.8 cm³/mol. The number of phenols is 2. The van der Waals surface area contributed by atoms with Gasteiger partial charge >= 0.3 is 0 Å². The highest BCUT2D eigenvalue weighted by molar-refractivity contribution is 5.31. The zero-order chi connectivity index (χ0) is 15.1. The van der Waals surface area contributed by atoms with E-state index in [9.17, 15) is 10.2 Å². The van der Waals surface area contributed by atoms with Gasteiger partial charge in [0.25, 0.3) is 0 Å². The summed E-state index contributed by atoms with van der Waals surface area (Å²) < 4.78 is 0. The van der Waals surface area contributed by atoms with Crippen molar-refractivity contribution in [2.45, 2.75) is 44.9 Å². The molecule has 0 aliphatic heterocycles. The van der Waals surface area contributed by atoms with Crippen molar-refractivity contribution in [3.63, 3.8) is 0 Å². The fourth-order valence-corrected chi connectivity index (χ4v) is 2.69. The van der Waals surface area contributed by atoms with E-state index in [-0.39, 0.29) is 0 Å². The van der Waals surface area contributed by atoms with Gasteiger partial charge in [0.2, 0.25) is 0 Å². The topological polar surface area (TPSA) is 40.5 Å². The number of aromatic hydroxyl groups is 2. The number of benzene rings is 2. The van der Waals surface area contributed by atoms with E-state index < -0.39 is 0 Å². The summed E-state index contributed by atoms with van der Waals surface area (Å²) in [6.45, 7) is 2.22. The first-order valence-corrected chi connectivity index (χ1v) is 7.76. The van der Waals surface area contributed by atoms with E-state index in [2.05, 4.69) is 6.92 Å². The van der Waals surface area contributed by atoms with Crippen LogP contribution < -0.4 is 0 Å². The first-order chi connectivity index (χ1) is 10.2. The van der Waals surface area contributed by atoms with Crippen molar-refractivity contribution in [3.05, 3.63) is 59.7 Å². The molecule has 0 radical (unpaired) electrons. The molecule has 2 aromatic carbocycles. The standard InChI is InChI=1S/C19H24O2/c1-2-3-4-5-17(16-8-12-19(21)13-9-16)14-15-6-10-18(20)11-7-15/h6-13,17,20-21H,2-5,14H2,1H3. The lowest BCUT2D eigenvalue weighted by Crippen LogP contribution is -2.03. The summed E-state index contributed by atoms with van der Waals surface area (Å²) in [4.78, 5) is 0. The Hall–Kier alpha value is -1.96. The Morgan fingerprint density at radius 2 is 1.38 bits per heavy atom. The first kappa shape index (κ1) is 15.4. The molecule has 0 saturated carbocycles. The molecule has 21 heavy (non-hydrogen) atoms. The van der Waals surface area contributed by atoms with Crippen molar-refractivity contribution in [2.75, 3.05) is 0 Å². The van der Waals surface area contributed by atoms with Gasteiger partial charge in [-0.25, -0.2) is 0 Å². The lowest BCUT2D eigenvalue weighted by atomic mass is 9.87. The van der Waals surface area contributed by atoms with Gasteiger partial charge in [0.05, 0.1) is 0 Å². The van der Waals surface area contributed by atoms with Crippen molar-refractivity contribution < 1.29 is 10.2 Å². The second-order valence-electron chi connectivity index (χ2n) is 5.65. The summed E-state index contributed by atoms with van der Waals surface area (Å²) >= 11 is 0. The monoisotopic (exact) mass is 284 g/mol. The van der Waals surface area contributed by atoms with Gasteiger partial charge < -0.3 is 10.2 Å². The minimum absolute atomic E-state index is 0.311. The van der Waals surface area contributed by atoms with Crippen LogP contribution in [0.15, 0.2) is 48.5 Å². The maximum atomic E-state index is 9.45. The maximum Gasteiger partial charge on any atom is 0.115 e. The van der Waals surface area contributed by atoms with Gasteiger partial charge in [0.15, 0.2) is 0 Å². The molecule has 0 aliphatic carbocycles. The van der Waals surface area contributed by atoms with Crippen LogP contribution in [0.5, 0.6) is 11.5 Å². The largest absolute Gasteiger partial charge is 0.508 e. The van der Waals surface area contributed by atoms with Crippen molar-refractivity contribution in [1.82, 2.24) is 0 Å². The molecule has 112 valence electrons. The molecule has 0 amide bonds. The summed E-state index contributed by atoms with van der Waals surface area (Å²) in [5.41, 5.74) is 2.51. The normalized spacial score (nSPS) is 12.2. The highest BCUT2D eigenvalue weighted by Gasteiger charge is 2.12. The third-order valence-corrected chi connectivity index (χ3v) is 3.94. The van der Waals surface area contributed by atoms with Crippen LogP contribution in [0.2, 0.25) is 0 Å². The van der Waals surface area contributed by atoms with Crippen LogP contribution in [0.1, 0.15) is 49.7 Å². The highest BCUT2D eigenvalue weighted by atomic mass is 16.3. The number of phenolic OH excluding ortho intramolecular Hbond substituents is 2. The summed E-state index contributed by atoms with van der Waals surface area (Å²) in [6, 6.07) is 15.0. The Bertz CT molecular complexity index is 528. The van der Waals surface area contributed by atoms with Gasteiger partial charge in [-0.2, -0.15) is 0 Å². The van der Waals surface area contributed by atoms with Crippen LogP contribution in [0.25, 0.3) is 0 Å². The summed E-state index contributed by atoms with van der Waals surface area (Å²) in [7, 11) is 0. The Morgan fingerprint density at radius 3 is 1.95 bits per heavy atom. The number of rotatable bonds is 7. The second kappa shape index (κ2) is 7.72. The van der Waals surface area contributed by atoms with E-state index >= 15 is 0 Å². The quantitative estimate of drug-likeness (QED) is 0.702. The molecule has 0 aromatic heterocycles. The van der Waals surface area contributed by atoms with Crippen molar-refractivity contribution in [1.29, 1.82) is 0 Å². The van der Waals surface area contributed by atoms with Gasteiger partial charge in [0, 0.05) is 0 Å². The number of unbranched alkanes of at least 4 members (excludes halogenated alkanes) is 2. The molecule has 0 saturated heterocycles. The first-order valence-electron chi connectivity index (χ1n) is 7.76. The van der Waals surface area contributed by atoms with Gasteiger partial charge in [-0.1, -0.05) is 50.5 Å². The minimum atomic E-state index is 0.311. The third kappa shape index (κ3) is 4.82. The molecule has 0 bridgehead atoms. The Kier molecular flexibility index (Phi) is 5.68. The van der Waals surface area contributed by atoms with E-state index in [4.69, 9.17) is 0 Å². The lowest BCUT2D eigenvalue weighted by Gasteiger charge is -2.18. The molecular weight excluding hydrogens is 260 g/mol. The molecule has 0 spiro atoms. The molecule has 1 unspecified atom stereocenters. The number of hydrogen-bond donors (Lipinski definition) is 2. The molecule has 2 aromatic rings. The fourth-order valence-electron chi connectivity index (χ4n) is 2.69. The number of hydrogen-bond acceptors (Lipinski definition) is 2. The maximum absolute atomic E-state index is 9.45. The molecule has 0 aliphatic rings. The van der Waals surface area contributed by atoms with E-state index in [1.165, 1.54) is 30.4 Å². The Balaban J connectivity index is 2.11. The molecule has 2 nitrogen and oxygen atoms in total. The molecule has 2 rings (SSSR count). The minimum Gasteiger partial charge on any atom is -0.508 e. The molecular formula is C19H24O2. The molecule has 0 fully saturated rings. The van der Waals surface area contributed by atoms with E-state index in [1.807, 2.05) is 24.3 Å². The van der Waals surface area contributed by atoms with Gasteiger partial charge in [0.1, 0.15) is 11.5 Å². The Morgan fingerprint density at radius 1 is 0.810 bits per heavy atom. The van der Waals surface area contributed by atoms with Crippen molar-refractivity contribution in [3.8, 4) is 11.5 Å². The predicted octanol–water partition coefficient (Wildman–Crippen LogP) is 5.00. The van der Waals surface area contributed by atoms with E-state index in [0.29, 0.717) is 17.4 Å². The molecule has 2 N–H and O–H groups in total. The molecule has 2 heteroatoms. The van der Waals surface area contributed by atoms with Gasteiger partial charge in [-0.3, -0.25) is 0 Å². The van der Waals surface area contributed by atoms with Gasteiger partial charge in [-0.15, -0.1) is 0 Å². The second-order valence-corrected chi connectivity index (χ2v) is 5.65. The highest BCUT2D eigenvalue weighted by Crippen LogP contribution is 2.28. The van der Waals surface area contributed by atoms with Crippen LogP contribution in [0, 0.1) is 0 Å². The van der Waals surface area contributed by atoms with Gasteiger partial charge in [-0.05, 0) is 54.2 Å². The van der Waals surface area contributed by atoms with Crippen molar-refractivity contribution >= 4 is 0 Å². The Labute approximate surface area is 127 Å².